The van der Waals surface area contributed by atoms with E-state index in [1.54, 1.807) is 24.3 Å². The van der Waals surface area contributed by atoms with Crippen LogP contribution in [0.2, 0.25) is 0 Å². The Balaban J connectivity index is 2.04. The van der Waals surface area contributed by atoms with Gasteiger partial charge in [0.1, 0.15) is 12.3 Å². The Morgan fingerprint density at radius 2 is 2.24 bits per heavy atom. The van der Waals surface area contributed by atoms with Gasteiger partial charge in [-0.2, -0.15) is 5.10 Å². The van der Waals surface area contributed by atoms with Gasteiger partial charge in [-0.15, -0.1) is 0 Å². The zero-order chi connectivity index (χ0) is 15.4. The number of carbonyl (C=O) groups excluding carboxylic acids is 1. The normalized spacial score (nSPS) is 10.1. The van der Waals surface area contributed by atoms with Crippen molar-refractivity contribution in [3.05, 3.63) is 36.2 Å². The summed E-state index contributed by atoms with van der Waals surface area (Å²) >= 11 is 0. The van der Waals surface area contributed by atoms with Gasteiger partial charge in [0, 0.05) is 18.0 Å². The third-order valence-corrected chi connectivity index (χ3v) is 2.65. The Morgan fingerprint density at radius 3 is 2.86 bits per heavy atom. The molecule has 0 saturated heterocycles. The summed E-state index contributed by atoms with van der Waals surface area (Å²) in [5.74, 6) is -0.980. The van der Waals surface area contributed by atoms with Gasteiger partial charge in [0.05, 0.1) is 12.8 Å². The first-order chi connectivity index (χ1) is 9.99. The van der Waals surface area contributed by atoms with Crippen molar-refractivity contribution in [3.8, 4) is 5.75 Å². The first kappa shape index (κ1) is 14.4. The van der Waals surface area contributed by atoms with E-state index in [9.17, 15) is 9.59 Å². The van der Waals surface area contributed by atoms with Crippen molar-refractivity contribution in [2.45, 2.75) is 6.54 Å². The Kier molecular flexibility index (Phi) is 4.07. The minimum absolute atomic E-state index is 0.0108. The highest BCUT2D eigenvalue weighted by molar-refractivity contribution is 5.92. The Bertz CT molecular complexity index is 681. The van der Waals surface area contributed by atoms with Crippen molar-refractivity contribution in [2.75, 3.05) is 18.2 Å². The van der Waals surface area contributed by atoms with Gasteiger partial charge < -0.3 is 20.9 Å². The molecule has 0 bridgehead atoms. The summed E-state index contributed by atoms with van der Waals surface area (Å²) in [4.78, 5) is 22.7. The molecule has 2 aromatic rings. The van der Waals surface area contributed by atoms with Crippen LogP contribution in [0, 0.1) is 0 Å². The van der Waals surface area contributed by atoms with Crippen LogP contribution in [-0.4, -0.2) is 33.9 Å². The lowest BCUT2D eigenvalue weighted by atomic mass is 10.3. The summed E-state index contributed by atoms with van der Waals surface area (Å²) in [7, 11) is 1.53. The average molecular weight is 290 g/mol. The lowest BCUT2D eigenvalue weighted by molar-refractivity contribution is -0.116. The van der Waals surface area contributed by atoms with Gasteiger partial charge in [-0.1, -0.05) is 6.07 Å². The molecule has 1 aromatic carbocycles. The third-order valence-electron chi connectivity index (χ3n) is 2.65. The second kappa shape index (κ2) is 5.95. The molecular weight excluding hydrogens is 276 g/mol. The van der Waals surface area contributed by atoms with Crippen molar-refractivity contribution in [1.82, 2.24) is 9.78 Å². The third kappa shape index (κ3) is 3.50. The monoisotopic (exact) mass is 290 g/mol. The summed E-state index contributed by atoms with van der Waals surface area (Å²) in [6.45, 7) is -0.144. The molecule has 8 nitrogen and oxygen atoms in total. The Labute approximate surface area is 120 Å². The van der Waals surface area contributed by atoms with Crippen LogP contribution >= 0.6 is 0 Å². The first-order valence-electron chi connectivity index (χ1n) is 5.99. The predicted octanol–water partition coefficient (Wildman–Crippen LogP) is 0.811. The molecule has 0 aliphatic carbocycles. The second-order valence-electron chi connectivity index (χ2n) is 4.22. The number of nitrogens with one attached hydrogen (secondary N) is 1. The first-order valence-corrected chi connectivity index (χ1v) is 5.99. The molecule has 1 amide bonds. The number of carboxylic acids is 1. The number of nitrogens with zero attached hydrogens (tertiary/aromatic N) is 2. The van der Waals surface area contributed by atoms with Crippen LogP contribution in [0.15, 0.2) is 30.5 Å². The summed E-state index contributed by atoms with van der Waals surface area (Å²) in [6.07, 6.45) is 1.30. The molecule has 0 radical (unpaired) electrons. The molecule has 0 aliphatic heterocycles. The van der Waals surface area contributed by atoms with E-state index in [1.165, 1.54) is 18.0 Å². The smallest absolute Gasteiger partial charge is 0.358 e. The molecule has 2 rings (SSSR count). The number of carboxylic acid groups (broad SMARTS) is 1. The zero-order valence-electron chi connectivity index (χ0n) is 11.2. The highest BCUT2D eigenvalue weighted by atomic mass is 16.5. The average Bonchev–Trinajstić information content (AvgIpc) is 2.79. The number of aromatic carboxylic acids is 1. The highest BCUT2D eigenvalue weighted by Gasteiger charge is 2.14. The SMILES string of the molecule is COc1cccc(NC(=O)Cn2cc(N)c(C(=O)O)n2)c1. The topological polar surface area (TPSA) is 119 Å². The van der Waals surface area contributed by atoms with Crippen molar-refractivity contribution in [3.63, 3.8) is 0 Å². The quantitative estimate of drug-likeness (QED) is 0.749. The fourth-order valence-corrected chi connectivity index (χ4v) is 1.73. The molecule has 0 saturated carbocycles. The number of nitrogen functional groups attached to an aromatic ring is 1. The van der Waals surface area contributed by atoms with Crippen molar-refractivity contribution in [1.29, 1.82) is 0 Å². The van der Waals surface area contributed by atoms with Crippen molar-refractivity contribution in [2.24, 2.45) is 0 Å². The molecule has 0 spiro atoms. The molecule has 0 atom stereocenters. The number of nitrogens with two attached hydrogens (primary N) is 1. The number of amides is 1. The second-order valence-corrected chi connectivity index (χ2v) is 4.22. The fourth-order valence-electron chi connectivity index (χ4n) is 1.73. The number of hydrogen-bond donors (Lipinski definition) is 3. The molecular formula is C13H14N4O4. The van der Waals surface area contributed by atoms with Gasteiger partial charge in [0.2, 0.25) is 5.91 Å². The number of methoxy groups -OCH3 is 1. The minimum Gasteiger partial charge on any atom is -0.497 e. The molecule has 21 heavy (non-hydrogen) atoms. The number of anilines is 2. The molecule has 110 valence electrons. The summed E-state index contributed by atoms with van der Waals surface area (Å²) in [5, 5.41) is 15.2. The maximum Gasteiger partial charge on any atom is 0.358 e. The fraction of sp³-hybridized carbons (Fsp3) is 0.154. The highest BCUT2D eigenvalue weighted by Crippen LogP contribution is 2.16. The van der Waals surface area contributed by atoms with Crippen LogP contribution in [0.3, 0.4) is 0 Å². The molecule has 0 fully saturated rings. The van der Waals surface area contributed by atoms with Gasteiger partial charge in [-0.25, -0.2) is 4.79 Å². The van der Waals surface area contributed by atoms with E-state index >= 15 is 0 Å². The molecule has 0 aliphatic rings. The van der Waals surface area contributed by atoms with Crippen LogP contribution in [0.25, 0.3) is 0 Å². The molecule has 0 unspecified atom stereocenters. The van der Waals surface area contributed by atoms with Gasteiger partial charge in [-0.05, 0) is 12.1 Å². The minimum atomic E-state index is -1.24. The zero-order valence-corrected chi connectivity index (χ0v) is 11.2. The largest absolute Gasteiger partial charge is 0.497 e. The maximum absolute atomic E-state index is 11.9. The van der Waals surface area contributed by atoms with Crippen LogP contribution in [0.4, 0.5) is 11.4 Å². The number of ether oxygens (including phenoxy) is 1. The lowest BCUT2D eigenvalue weighted by Crippen LogP contribution is -2.19. The molecule has 1 heterocycles. The van der Waals surface area contributed by atoms with Crippen LogP contribution in [0.1, 0.15) is 10.5 Å². The van der Waals surface area contributed by atoms with Gasteiger partial charge in [0.15, 0.2) is 5.69 Å². The number of benzene rings is 1. The number of carbonyl (C=O) groups is 2. The van der Waals surface area contributed by atoms with E-state index in [0.29, 0.717) is 11.4 Å². The van der Waals surface area contributed by atoms with E-state index in [-0.39, 0.29) is 23.8 Å². The van der Waals surface area contributed by atoms with Crippen LogP contribution in [0.5, 0.6) is 5.75 Å². The Morgan fingerprint density at radius 1 is 1.48 bits per heavy atom. The van der Waals surface area contributed by atoms with E-state index in [1.807, 2.05) is 0 Å². The lowest BCUT2D eigenvalue weighted by Gasteiger charge is -2.07. The van der Waals surface area contributed by atoms with Crippen molar-refractivity contribution < 1.29 is 19.4 Å². The van der Waals surface area contributed by atoms with Crippen LogP contribution in [-0.2, 0) is 11.3 Å². The summed E-state index contributed by atoms with van der Waals surface area (Å²) < 4.78 is 6.22. The van der Waals surface area contributed by atoms with Gasteiger partial charge in [0.25, 0.3) is 0 Å². The molecule has 8 heteroatoms. The number of rotatable bonds is 5. The van der Waals surface area contributed by atoms with Crippen molar-refractivity contribution >= 4 is 23.3 Å². The van der Waals surface area contributed by atoms with Gasteiger partial charge >= 0.3 is 5.97 Å². The van der Waals surface area contributed by atoms with Gasteiger partial charge in [-0.3, -0.25) is 9.48 Å². The maximum atomic E-state index is 11.9. The number of aromatic nitrogens is 2. The molecule has 4 N–H and O–H groups in total. The summed E-state index contributed by atoms with van der Waals surface area (Å²) in [6, 6.07) is 6.87. The van der Waals surface area contributed by atoms with E-state index in [0.717, 1.165) is 0 Å². The molecule has 1 aromatic heterocycles. The van der Waals surface area contributed by atoms with E-state index < -0.39 is 5.97 Å². The predicted molar refractivity (Wildman–Crippen MR) is 75.2 cm³/mol. The Hall–Kier alpha value is -3.03. The number of hydrogen-bond acceptors (Lipinski definition) is 5. The summed E-state index contributed by atoms with van der Waals surface area (Å²) in [5.41, 5.74) is 5.80. The van der Waals surface area contributed by atoms with Crippen LogP contribution < -0.4 is 15.8 Å². The van der Waals surface area contributed by atoms with E-state index in [4.69, 9.17) is 15.6 Å². The van der Waals surface area contributed by atoms with E-state index in [2.05, 4.69) is 10.4 Å². The standard InChI is InChI=1S/C13H14N4O4/c1-21-9-4-2-3-8(5-9)15-11(18)7-17-6-10(14)12(16-17)13(19)20/h2-6H,7,14H2,1H3,(H,15,18)(H,19,20).